The first-order valence-electron chi connectivity index (χ1n) is 10.9. The molecule has 3 aromatic carbocycles. The number of rotatable bonds is 8. The van der Waals surface area contributed by atoms with E-state index in [1.807, 2.05) is 0 Å². The van der Waals surface area contributed by atoms with Gasteiger partial charge in [0.25, 0.3) is 16.8 Å². The minimum Gasteiger partial charge on any atom is -0.497 e. The lowest BCUT2D eigenvalue weighted by Crippen LogP contribution is -2.27. The first-order chi connectivity index (χ1) is 18.2. The average Bonchev–Trinajstić information content (AvgIpc) is 3.17. The number of methoxy groups -OCH3 is 2. The Labute approximate surface area is 225 Å². The Hall–Kier alpha value is -4.35. The van der Waals surface area contributed by atoms with Crippen molar-refractivity contribution in [3.63, 3.8) is 0 Å². The zero-order valence-corrected chi connectivity index (χ0v) is 21.6. The highest BCUT2D eigenvalue weighted by molar-refractivity contribution is 8.18. The second kappa shape index (κ2) is 11.4. The second-order valence-electron chi connectivity index (χ2n) is 7.84. The Kier molecular flexibility index (Phi) is 7.99. The first-order valence-corrected chi connectivity index (χ1v) is 12.1. The number of nitro groups is 1. The largest absolute Gasteiger partial charge is 0.497 e. The van der Waals surface area contributed by atoms with Gasteiger partial charge < -0.3 is 14.2 Å². The molecule has 0 atom stereocenters. The Bertz CT molecular complexity index is 1460. The number of hydrogen-bond donors (Lipinski definition) is 0. The number of ether oxygens (including phenoxy) is 3. The summed E-state index contributed by atoms with van der Waals surface area (Å²) in [4.78, 5) is 49.5. The van der Waals surface area contributed by atoms with Crippen LogP contribution in [0.15, 0.2) is 65.6 Å². The molecule has 2 amide bonds. The van der Waals surface area contributed by atoms with Crippen molar-refractivity contribution in [1.29, 1.82) is 0 Å². The average molecular weight is 555 g/mol. The van der Waals surface area contributed by atoms with Gasteiger partial charge in [-0.15, -0.1) is 0 Å². The Morgan fingerprint density at radius 1 is 1.05 bits per heavy atom. The topological polar surface area (TPSA) is 125 Å². The van der Waals surface area contributed by atoms with Gasteiger partial charge in [0, 0.05) is 12.1 Å². The number of amides is 2. The molecular formula is C26H19ClN2O8S. The molecule has 1 fully saturated rings. The third-order valence-electron chi connectivity index (χ3n) is 5.43. The van der Waals surface area contributed by atoms with E-state index in [-0.39, 0.29) is 39.2 Å². The number of nitro benzene ring substituents is 1. The van der Waals surface area contributed by atoms with E-state index in [4.69, 9.17) is 25.8 Å². The maximum Gasteiger partial charge on any atom is 0.343 e. The lowest BCUT2D eigenvalue weighted by atomic mass is 10.1. The lowest BCUT2D eigenvalue weighted by molar-refractivity contribution is -0.384. The van der Waals surface area contributed by atoms with Crippen molar-refractivity contribution in [2.75, 3.05) is 14.2 Å². The van der Waals surface area contributed by atoms with Crippen LogP contribution in [0.2, 0.25) is 5.02 Å². The molecular weight excluding hydrogens is 536 g/mol. The van der Waals surface area contributed by atoms with Gasteiger partial charge in [0.1, 0.15) is 5.75 Å². The van der Waals surface area contributed by atoms with E-state index in [0.29, 0.717) is 16.9 Å². The van der Waals surface area contributed by atoms with E-state index < -0.39 is 22.0 Å². The van der Waals surface area contributed by atoms with Gasteiger partial charge in [0.15, 0.2) is 11.5 Å². The smallest absolute Gasteiger partial charge is 0.343 e. The fourth-order valence-corrected chi connectivity index (χ4v) is 4.59. The summed E-state index contributed by atoms with van der Waals surface area (Å²) < 4.78 is 15.9. The molecule has 1 aliphatic rings. The van der Waals surface area contributed by atoms with Crippen molar-refractivity contribution in [2.45, 2.75) is 6.54 Å². The molecule has 1 saturated heterocycles. The van der Waals surface area contributed by atoms with Crippen molar-refractivity contribution in [2.24, 2.45) is 0 Å². The third kappa shape index (κ3) is 5.79. The molecule has 0 spiro atoms. The summed E-state index contributed by atoms with van der Waals surface area (Å²) >= 11 is 7.14. The third-order valence-corrected chi connectivity index (χ3v) is 6.62. The molecule has 0 N–H and O–H groups in total. The SMILES string of the molecule is COc1ccc(C(=O)Oc2c(Cl)cc(/C=C3\SC(=O)N(Cc4ccc([N+](=O)[O-])cc4)C3=O)cc2OC)cc1. The number of thioether (sulfide) groups is 1. The molecule has 0 saturated carbocycles. The summed E-state index contributed by atoms with van der Waals surface area (Å²) in [6, 6.07) is 14.9. The van der Waals surface area contributed by atoms with Crippen molar-refractivity contribution >= 4 is 52.2 Å². The lowest BCUT2D eigenvalue weighted by Gasteiger charge is -2.13. The number of halogens is 1. The standard InChI is InChI=1S/C26H19ClN2O8S/c1-35-19-9-5-17(6-10-19)25(31)37-23-20(27)11-16(12-21(23)36-2)13-22-24(30)28(26(32)38-22)14-15-3-7-18(8-4-15)29(33)34/h3-13H,14H2,1-2H3/b22-13-. The molecule has 38 heavy (non-hydrogen) atoms. The molecule has 1 heterocycles. The van der Waals surface area contributed by atoms with Crippen LogP contribution >= 0.6 is 23.4 Å². The number of benzene rings is 3. The van der Waals surface area contributed by atoms with Crippen LogP contribution in [-0.4, -0.2) is 41.2 Å². The molecule has 12 heteroatoms. The number of esters is 1. The van der Waals surface area contributed by atoms with E-state index >= 15 is 0 Å². The summed E-state index contributed by atoms with van der Waals surface area (Å²) in [7, 11) is 2.89. The quantitative estimate of drug-likeness (QED) is 0.113. The highest BCUT2D eigenvalue weighted by Crippen LogP contribution is 2.39. The van der Waals surface area contributed by atoms with E-state index in [1.54, 1.807) is 24.3 Å². The van der Waals surface area contributed by atoms with Gasteiger partial charge in [0.2, 0.25) is 0 Å². The molecule has 1 aliphatic heterocycles. The predicted octanol–water partition coefficient (Wildman–Crippen LogP) is 5.72. The summed E-state index contributed by atoms with van der Waals surface area (Å²) in [6.45, 7) is -0.0374. The maximum atomic E-state index is 12.9. The van der Waals surface area contributed by atoms with E-state index in [2.05, 4.69) is 0 Å². The van der Waals surface area contributed by atoms with Crippen LogP contribution in [0.1, 0.15) is 21.5 Å². The van der Waals surface area contributed by atoms with Crippen LogP contribution in [0, 0.1) is 10.1 Å². The fraction of sp³-hybridized carbons (Fsp3) is 0.115. The van der Waals surface area contributed by atoms with Crippen molar-refractivity contribution in [1.82, 2.24) is 4.90 Å². The molecule has 3 aromatic rings. The molecule has 4 rings (SSSR count). The molecule has 0 radical (unpaired) electrons. The molecule has 0 bridgehead atoms. The van der Waals surface area contributed by atoms with Gasteiger partial charge in [-0.3, -0.25) is 24.6 Å². The highest BCUT2D eigenvalue weighted by atomic mass is 35.5. The monoisotopic (exact) mass is 554 g/mol. The Balaban J connectivity index is 1.52. The molecule has 0 aromatic heterocycles. The van der Waals surface area contributed by atoms with Crippen molar-refractivity contribution in [3.05, 3.63) is 97.4 Å². The van der Waals surface area contributed by atoms with Crippen LogP contribution in [0.3, 0.4) is 0 Å². The van der Waals surface area contributed by atoms with E-state index in [1.165, 1.54) is 56.7 Å². The van der Waals surface area contributed by atoms with Crippen LogP contribution in [0.5, 0.6) is 17.2 Å². The van der Waals surface area contributed by atoms with Gasteiger partial charge in [-0.25, -0.2) is 4.79 Å². The molecule has 0 aliphatic carbocycles. The number of hydrogen-bond acceptors (Lipinski definition) is 9. The van der Waals surface area contributed by atoms with Crippen LogP contribution in [0.25, 0.3) is 6.08 Å². The fourth-order valence-electron chi connectivity index (χ4n) is 3.49. The van der Waals surface area contributed by atoms with E-state index in [0.717, 1.165) is 16.7 Å². The zero-order chi connectivity index (χ0) is 27.4. The van der Waals surface area contributed by atoms with Crippen LogP contribution in [-0.2, 0) is 11.3 Å². The van der Waals surface area contributed by atoms with E-state index in [9.17, 15) is 24.5 Å². The number of carbonyl (C=O) groups excluding carboxylic acids is 3. The zero-order valence-electron chi connectivity index (χ0n) is 20.0. The van der Waals surface area contributed by atoms with Crippen molar-refractivity contribution in [3.8, 4) is 17.2 Å². The normalized spacial score (nSPS) is 14.1. The van der Waals surface area contributed by atoms with Gasteiger partial charge in [-0.1, -0.05) is 23.7 Å². The van der Waals surface area contributed by atoms with Gasteiger partial charge in [0.05, 0.1) is 41.2 Å². The Morgan fingerprint density at radius 3 is 2.34 bits per heavy atom. The highest BCUT2D eigenvalue weighted by Gasteiger charge is 2.35. The summed E-state index contributed by atoms with van der Waals surface area (Å²) in [6.07, 6.45) is 1.48. The number of non-ortho nitro benzene ring substituents is 1. The summed E-state index contributed by atoms with van der Waals surface area (Å²) in [5, 5.41) is 10.4. The number of carbonyl (C=O) groups is 3. The maximum absolute atomic E-state index is 12.9. The predicted molar refractivity (Wildman–Crippen MR) is 141 cm³/mol. The minimum absolute atomic E-state index is 0.00147. The van der Waals surface area contributed by atoms with Crippen LogP contribution in [0.4, 0.5) is 10.5 Å². The van der Waals surface area contributed by atoms with Crippen molar-refractivity contribution < 1.29 is 33.5 Å². The van der Waals surface area contributed by atoms with Crippen LogP contribution < -0.4 is 14.2 Å². The Morgan fingerprint density at radius 2 is 1.74 bits per heavy atom. The van der Waals surface area contributed by atoms with Gasteiger partial charge >= 0.3 is 5.97 Å². The first kappa shape index (κ1) is 26.7. The molecule has 10 nitrogen and oxygen atoms in total. The number of nitrogens with zero attached hydrogens (tertiary/aromatic N) is 2. The second-order valence-corrected chi connectivity index (χ2v) is 9.24. The van der Waals surface area contributed by atoms with Gasteiger partial charge in [-0.2, -0.15) is 0 Å². The summed E-state index contributed by atoms with van der Waals surface area (Å²) in [5.74, 6) is -0.454. The van der Waals surface area contributed by atoms with Gasteiger partial charge in [-0.05, 0) is 65.4 Å². The molecule has 194 valence electrons. The summed E-state index contributed by atoms with van der Waals surface area (Å²) in [5.41, 5.74) is 1.19. The number of imide groups is 1. The minimum atomic E-state index is -0.659. The molecule has 0 unspecified atom stereocenters.